The van der Waals surface area contributed by atoms with E-state index in [1.807, 2.05) is 54.6 Å². The van der Waals surface area contributed by atoms with E-state index in [4.69, 9.17) is 28.4 Å². The van der Waals surface area contributed by atoms with Crippen LogP contribution in [0.2, 0.25) is 0 Å². The van der Waals surface area contributed by atoms with Gasteiger partial charge in [-0.3, -0.25) is 0 Å². The smallest absolute Gasteiger partial charge is 0.185 e. The summed E-state index contributed by atoms with van der Waals surface area (Å²) in [5.41, 5.74) is 1.80. The number of fused-ring (bicyclic) bond motifs is 1. The molecule has 0 amide bonds. The summed E-state index contributed by atoms with van der Waals surface area (Å²) in [5.74, 6) is 1.70. The zero-order chi connectivity index (χ0) is 32.0. The summed E-state index contributed by atoms with van der Waals surface area (Å²) >= 11 is 1.67. The van der Waals surface area contributed by atoms with Crippen molar-refractivity contribution >= 4 is 11.8 Å². The average Bonchev–Trinajstić information content (AvgIpc) is 3.54. The number of ether oxygens (including phenoxy) is 6. The summed E-state index contributed by atoms with van der Waals surface area (Å²) < 4.78 is 37.6. The largest absolute Gasteiger partial charge is 0.497 e. The number of benzene rings is 3. The normalized spacial score (nSPS) is 24.1. The number of rotatable bonds is 19. The van der Waals surface area contributed by atoms with Gasteiger partial charge in [-0.05, 0) is 55.3 Å². The molecule has 2 heterocycles. The molecule has 0 saturated carbocycles. The van der Waals surface area contributed by atoms with Gasteiger partial charge < -0.3 is 28.4 Å². The minimum atomic E-state index is -0.508. The van der Waals surface area contributed by atoms with Crippen molar-refractivity contribution < 1.29 is 28.4 Å². The molecule has 46 heavy (non-hydrogen) atoms. The topological polar surface area (TPSA) is 55.4 Å². The van der Waals surface area contributed by atoms with Gasteiger partial charge >= 0.3 is 0 Å². The van der Waals surface area contributed by atoms with Crippen LogP contribution in [0.3, 0.4) is 0 Å². The molecule has 0 bridgehead atoms. The van der Waals surface area contributed by atoms with Crippen molar-refractivity contribution in [1.82, 2.24) is 0 Å². The van der Waals surface area contributed by atoms with Gasteiger partial charge in [-0.25, -0.2) is 0 Å². The van der Waals surface area contributed by atoms with Crippen molar-refractivity contribution in [3.05, 3.63) is 90.0 Å². The first-order valence-corrected chi connectivity index (χ1v) is 18.2. The van der Waals surface area contributed by atoms with E-state index in [0.29, 0.717) is 6.61 Å². The molecule has 6 nitrogen and oxygen atoms in total. The van der Waals surface area contributed by atoms with E-state index in [9.17, 15) is 0 Å². The molecule has 2 aliphatic heterocycles. The Kier molecular flexibility index (Phi) is 14.1. The Morgan fingerprint density at radius 3 is 1.98 bits per heavy atom. The van der Waals surface area contributed by atoms with Crippen LogP contribution in [0.1, 0.15) is 95.5 Å². The molecule has 2 fully saturated rings. The van der Waals surface area contributed by atoms with E-state index in [-0.39, 0.29) is 29.9 Å². The minimum absolute atomic E-state index is 0.177. The van der Waals surface area contributed by atoms with E-state index in [1.165, 1.54) is 57.8 Å². The van der Waals surface area contributed by atoms with Gasteiger partial charge in [-0.15, -0.1) is 0 Å². The highest BCUT2D eigenvalue weighted by Crippen LogP contribution is 2.44. The van der Waals surface area contributed by atoms with Gasteiger partial charge in [-0.2, -0.15) is 0 Å². The number of methoxy groups -OCH3 is 1. The summed E-state index contributed by atoms with van der Waals surface area (Å²) in [6.45, 7) is 5.55. The van der Waals surface area contributed by atoms with E-state index in [1.54, 1.807) is 18.9 Å². The third-order valence-corrected chi connectivity index (χ3v) is 9.96. The third-order valence-electron chi connectivity index (χ3n) is 8.80. The highest BCUT2D eigenvalue weighted by Gasteiger charge is 2.53. The predicted octanol–water partition coefficient (Wildman–Crippen LogP) is 9.90. The summed E-state index contributed by atoms with van der Waals surface area (Å²) in [7, 11) is 1.66. The molecule has 2 saturated heterocycles. The van der Waals surface area contributed by atoms with E-state index >= 15 is 0 Å². The van der Waals surface area contributed by atoms with Crippen molar-refractivity contribution in [3.63, 3.8) is 0 Å². The van der Waals surface area contributed by atoms with E-state index in [2.05, 4.69) is 38.1 Å². The van der Waals surface area contributed by atoms with Crippen LogP contribution in [-0.4, -0.2) is 43.6 Å². The van der Waals surface area contributed by atoms with Crippen LogP contribution in [0.25, 0.3) is 0 Å². The van der Waals surface area contributed by atoms with Crippen LogP contribution in [0, 0.1) is 0 Å². The lowest BCUT2D eigenvalue weighted by Crippen LogP contribution is -2.55. The molecule has 2 aliphatic rings. The Morgan fingerprint density at radius 1 is 0.674 bits per heavy atom. The Morgan fingerprint density at radius 2 is 1.30 bits per heavy atom. The van der Waals surface area contributed by atoms with Crippen LogP contribution in [-0.2, 0) is 25.6 Å². The first kappa shape index (κ1) is 34.8. The SMILES string of the molecule is CCCCCCCCCCCCOc1ccc(CO[C@@H]2[C@H]3OC(c4ccc(OC)cc4)O[C@H]3[C@H](Sc3ccccc3)O[C@H]2C)cc1. The summed E-state index contributed by atoms with van der Waals surface area (Å²) in [5, 5.41) is 0. The number of hydrogen-bond acceptors (Lipinski definition) is 7. The van der Waals surface area contributed by atoms with Crippen molar-refractivity contribution in [2.75, 3.05) is 13.7 Å². The lowest BCUT2D eigenvalue weighted by molar-refractivity contribution is -0.179. The molecule has 6 atom stereocenters. The number of unbranched alkanes of at least 4 members (excludes halogenated alkanes) is 9. The Balaban J connectivity index is 1.10. The second kappa shape index (κ2) is 18.7. The fourth-order valence-corrected chi connectivity index (χ4v) is 7.29. The highest BCUT2D eigenvalue weighted by molar-refractivity contribution is 7.99. The molecule has 250 valence electrons. The van der Waals surface area contributed by atoms with Gasteiger partial charge in [0.05, 0.1) is 26.4 Å². The average molecular weight is 649 g/mol. The summed E-state index contributed by atoms with van der Waals surface area (Å²) in [6, 6.07) is 26.4. The molecule has 0 radical (unpaired) electrons. The first-order valence-electron chi connectivity index (χ1n) is 17.3. The Labute approximate surface area is 280 Å². The predicted molar refractivity (Wildman–Crippen MR) is 184 cm³/mol. The third kappa shape index (κ3) is 10.2. The highest BCUT2D eigenvalue weighted by atomic mass is 32.2. The van der Waals surface area contributed by atoms with Crippen molar-refractivity contribution in [2.24, 2.45) is 0 Å². The molecular weight excluding hydrogens is 596 g/mol. The second-order valence-corrected chi connectivity index (χ2v) is 13.6. The van der Waals surface area contributed by atoms with Crippen LogP contribution in [0.5, 0.6) is 11.5 Å². The zero-order valence-corrected chi connectivity index (χ0v) is 28.6. The summed E-state index contributed by atoms with van der Waals surface area (Å²) in [4.78, 5) is 1.13. The molecular formula is C39H52O6S. The molecule has 1 unspecified atom stereocenters. The van der Waals surface area contributed by atoms with Crippen LogP contribution < -0.4 is 9.47 Å². The van der Waals surface area contributed by atoms with Gasteiger partial charge in [0.1, 0.15) is 35.2 Å². The van der Waals surface area contributed by atoms with Crippen LogP contribution >= 0.6 is 11.8 Å². The monoisotopic (exact) mass is 648 g/mol. The van der Waals surface area contributed by atoms with E-state index in [0.717, 1.165) is 40.5 Å². The van der Waals surface area contributed by atoms with Gasteiger partial charge in [0.15, 0.2) is 6.29 Å². The maximum Gasteiger partial charge on any atom is 0.185 e. The minimum Gasteiger partial charge on any atom is -0.497 e. The fourth-order valence-electron chi connectivity index (χ4n) is 6.12. The molecule has 0 aliphatic carbocycles. The van der Waals surface area contributed by atoms with Crippen LogP contribution in [0.15, 0.2) is 83.8 Å². The molecule has 7 heteroatoms. The zero-order valence-electron chi connectivity index (χ0n) is 27.8. The maximum absolute atomic E-state index is 6.59. The standard InChI is InChI=1S/C39H52O6S/c1-4-5-6-7-8-9-10-11-12-16-27-41-33-23-19-30(20-24-33)28-42-35-29(2)43-39(46-34-17-14-13-15-18-34)37-36(35)44-38(45-37)31-21-25-32(40-3)26-22-31/h13-15,17-26,29,35-39H,4-12,16,27-28H2,1-3H3/t29-,35-,36+,37+,38?,39-/m0/s1. The molecule has 3 aromatic carbocycles. The molecule has 0 spiro atoms. The lowest BCUT2D eigenvalue weighted by atomic mass is 10.0. The molecule has 0 aromatic heterocycles. The molecule has 5 rings (SSSR count). The van der Waals surface area contributed by atoms with Gasteiger partial charge in [0.25, 0.3) is 0 Å². The van der Waals surface area contributed by atoms with Gasteiger partial charge in [0, 0.05) is 10.5 Å². The fraction of sp³-hybridized carbons (Fsp3) is 0.538. The quantitative estimate of drug-likeness (QED) is 0.120. The Bertz CT molecular complexity index is 1250. The molecule has 3 aromatic rings. The van der Waals surface area contributed by atoms with E-state index < -0.39 is 6.29 Å². The second-order valence-electron chi connectivity index (χ2n) is 12.4. The van der Waals surface area contributed by atoms with Crippen molar-refractivity contribution in [3.8, 4) is 11.5 Å². The number of hydrogen-bond donors (Lipinski definition) is 0. The Hall–Kier alpha value is -2.55. The van der Waals surface area contributed by atoms with Crippen LogP contribution in [0.4, 0.5) is 0 Å². The van der Waals surface area contributed by atoms with Gasteiger partial charge in [0.2, 0.25) is 0 Å². The first-order chi connectivity index (χ1) is 22.6. The number of thioether (sulfide) groups is 1. The maximum atomic E-state index is 6.59. The molecule has 0 N–H and O–H groups in total. The van der Waals surface area contributed by atoms with Gasteiger partial charge in [-0.1, -0.05) is 119 Å². The van der Waals surface area contributed by atoms with Crippen molar-refractivity contribution in [2.45, 2.75) is 126 Å². The summed E-state index contributed by atoms with van der Waals surface area (Å²) in [6.07, 6.45) is 11.7. The van der Waals surface area contributed by atoms with Crippen molar-refractivity contribution in [1.29, 1.82) is 0 Å². The lowest BCUT2D eigenvalue weighted by Gasteiger charge is -2.40.